The molecule has 0 saturated heterocycles. The molecule has 1 aromatic heterocycles. The fourth-order valence-electron chi connectivity index (χ4n) is 3.74. The molecular formula is C23H23N5O4S. The van der Waals surface area contributed by atoms with Crippen molar-refractivity contribution in [1.82, 2.24) is 20.0 Å². The molecule has 4 N–H and O–H groups in total. The van der Waals surface area contributed by atoms with E-state index < -0.39 is 10.0 Å². The number of benzene rings is 2. The van der Waals surface area contributed by atoms with Crippen molar-refractivity contribution in [3.05, 3.63) is 53.7 Å². The van der Waals surface area contributed by atoms with Crippen molar-refractivity contribution >= 4 is 21.7 Å². The first-order valence-electron chi connectivity index (χ1n) is 10.6. The minimum absolute atomic E-state index is 0.0376. The second-order valence-electron chi connectivity index (χ2n) is 8.18. The molecule has 1 aliphatic heterocycles. The number of nitrogens with two attached hydrogens (primary N) is 1. The Hall–Kier alpha value is -3.50. The first kappa shape index (κ1) is 21.4. The molecule has 2 aliphatic rings. The lowest BCUT2D eigenvalue weighted by Crippen LogP contribution is -2.26. The van der Waals surface area contributed by atoms with Gasteiger partial charge in [0, 0.05) is 17.2 Å². The number of anilines is 1. The third-order valence-electron chi connectivity index (χ3n) is 5.61. The summed E-state index contributed by atoms with van der Waals surface area (Å²) in [5, 5.41) is 2.77. The lowest BCUT2D eigenvalue weighted by Gasteiger charge is -2.12. The standard InChI is InChI=1S/C23H23N5O4S/c1-13-10-14(3-7-20(13)33(30,31)28-16-4-5-16)18-12-26-22(24)21(27-18)15-2-6-17-19(11-15)32-9-8-25-23(17)29/h2-3,6-7,10-12,16,28H,4-5,8-9H2,1H3,(H2,24,26)(H,25,29). The fourth-order valence-corrected chi connectivity index (χ4v) is 5.27. The van der Waals surface area contributed by atoms with E-state index in [1.807, 2.05) is 0 Å². The van der Waals surface area contributed by atoms with Crippen LogP contribution < -0.4 is 20.5 Å². The Bertz CT molecular complexity index is 1370. The van der Waals surface area contributed by atoms with Gasteiger partial charge in [-0.05, 0) is 49.6 Å². The van der Waals surface area contributed by atoms with Crippen LogP contribution in [0.4, 0.5) is 5.82 Å². The Kier molecular flexibility index (Phi) is 5.26. The van der Waals surface area contributed by atoms with E-state index in [0.717, 1.165) is 18.4 Å². The van der Waals surface area contributed by atoms with E-state index in [9.17, 15) is 13.2 Å². The molecule has 1 amide bonds. The van der Waals surface area contributed by atoms with Crippen LogP contribution in [0, 0.1) is 6.92 Å². The van der Waals surface area contributed by atoms with E-state index in [-0.39, 0.29) is 22.7 Å². The van der Waals surface area contributed by atoms with Crippen LogP contribution in [-0.4, -0.2) is 43.5 Å². The summed E-state index contributed by atoms with van der Waals surface area (Å²) < 4.78 is 33.6. The molecule has 0 spiro atoms. The van der Waals surface area contributed by atoms with Crippen LogP contribution in [0.1, 0.15) is 28.8 Å². The average Bonchev–Trinajstić information content (AvgIpc) is 3.61. The fraction of sp³-hybridized carbons (Fsp3) is 0.261. The molecule has 2 heterocycles. The molecule has 1 fully saturated rings. The summed E-state index contributed by atoms with van der Waals surface area (Å²) in [5.74, 6) is 0.507. The molecule has 0 unspecified atom stereocenters. The molecule has 33 heavy (non-hydrogen) atoms. The smallest absolute Gasteiger partial charge is 0.255 e. The highest BCUT2D eigenvalue weighted by Gasteiger charge is 2.29. The lowest BCUT2D eigenvalue weighted by molar-refractivity contribution is 0.0957. The molecule has 9 nitrogen and oxygen atoms in total. The highest BCUT2D eigenvalue weighted by Crippen LogP contribution is 2.32. The van der Waals surface area contributed by atoms with Gasteiger partial charge in [-0.15, -0.1) is 0 Å². The highest BCUT2D eigenvalue weighted by atomic mass is 32.2. The van der Waals surface area contributed by atoms with Gasteiger partial charge in [-0.3, -0.25) is 4.79 Å². The van der Waals surface area contributed by atoms with Crippen LogP contribution in [0.3, 0.4) is 0 Å². The third kappa shape index (κ3) is 4.27. The van der Waals surface area contributed by atoms with Crippen LogP contribution in [0.15, 0.2) is 47.5 Å². The van der Waals surface area contributed by atoms with E-state index in [1.54, 1.807) is 49.5 Å². The number of carbonyl (C=O) groups is 1. The number of hydrogen-bond acceptors (Lipinski definition) is 7. The Morgan fingerprint density at radius 3 is 2.70 bits per heavy atom. The summed E-state index contributed by atoms with van der Waals surface area (Å²) in [6.07, 6.45) is 3.30. The maximum Gasteiger partial charge on any atom is 0.255 e. The Morgan fingerprint density at radius 2 is 1.94 bits per heavy atom. The summed E-state index contributed by atoms with van der Waals surface area (Å²) in [7, 11) is -3.55. The van der Waals surface area contributed by atoms with Crippen molar-refractivity contribution in [2.45, 2.75) is 30.7 Å². The zero-order valence-electron chi connectivity index (χ0n) is 18.0. The number of aromatic nitrogens is 2. The van der Waals surface area contributed by atoms with Crippen molar-refractivity contribution in [1.29, 1.82) is 0 Å². The molecule has 3 aromatic rings. The molecule has 10 heteroatoms. The first-order chi connectivity index (χ1) is 15.8. The summed E-state index contributed by atoms with van der Waals surface area (Å²) in [6, 6.07) is 10.3. The third-order valence-corrected chi connectivity index (χ3v) is 7.29. The highest BCUT2D eigenvalue weighted by molar-refractivity contribution is 7.89. The van der Waals surface area contributed by atoms with Gasteiger partial charge in [-0.1, -0.05) is 12.1 Å². The molecule has 1 saturated carbocycles. The SMILES string of the molecule is Cc1cc(-c2cnc(N)c(-c3ccc4c(c3)OCCNC4=O)n2)ccc1S(=O)(=O)NC1CC1. The van der Waals surface area contributed by atoms with Crippen molar-refractivity contribution in [2.75, 3.05) is 18.9 Å². The monoisotopic (exact) mass is 465 g/mol. The maximum absolute atomic E-state index is 12.6. The van der Waals surface area contributed by atoms with Gasteiger partial charge in [0.2, 0.25) is 10.0 Å². The number of aryl methyl sites for hydroxylation is 1. The van der Waals surface area contributed by atoms with Gasteiger partial charge in [0.05, 0.1) is 28.9 Å². The van der Waals surface area contributed by atoms with Crippen LogP contribution in [0.5, 0.6) is 5.75 Å². The van der Waals surface area contributed by atoms with Crippen LogP contribution in [0.2, 0.25) is 0 Å². The van der Waals surface area contributed by atoms with Crippen LogP contribution in [0.25, 0.3) is 22.5 Å². The van der Waals surface area contributed by atoms with Gasteiger partial charge in [0.15, 0.2) is 0 Å². The number of fused-ring (bicyclic) bond motifs is 1. The zero-order chi connectivity index (χ0) is 23.2. The quantitative estimate of drug-likeness (QED) is 0.526. The van der Waals surface area contributed by atoms with Crippen molar-refractivity contribution in [3.63, 3.8) is 0 Å². The van der Waals surface area contributed by atoms with Crippen molar-refractivity contribution in [2.24, 2.45) is 0 Å². The number of nitrogens with zero attached hydrogens (tertiary/aromatic N) is 2. The number of nitrogen functional groups attached to an aromatic ring is 1. The van der Waals surface area contributed by atoms with Gasteiger partial charge >= 0.3 is 0 Å². The minimum Gasteiger partial charge on any atom is -0.491 e. The van der Waals surface area contributed by atoms with Crippen LogP contribution >= 0.6 is 0 Å². The number of nitrogens with one attached hydrogen (secondary N) is 2. The molecule has 0 atom stereocenters. The average molecular weight is 466 g/mol. The van der Waals surface area contributed by atoms with Crippen molar-refractivity contribution in [3.8, 4) is 28.3 Å². The summed E-state index contributed by atoms with van der Waals surface area (Å²) >= 11 is 0. The van der Waals surface area contributed by atoms with E-state index >= 15 is 0 Å². The van der Waals surface area contributed by atoms with E-state index in [2.05, 4.69) is 20.0 Å². The van der Waals surface area contributed by atoms with Crippen molar-refractivity contribution < 1.29 is 17.9 Å². The zero-order valence-corrected chi connectivity index (χ0v) is 18.8. The number of amides is 1. The predicted molar refractivity (Wildman–Crippen MR) is 123 cm³/mol. The summed E-state index contributed by atoms with van der Waals surface area (Å²) in [4.78, 5) is 21.4. The van der Waals surface area contributed by atoms with Gasteiger partial charge in [-0.2, -0.15) is 0 Å². The molecule has 5 rings (SSSR count). The minimum atomic E-state index is -3.55. The maximum atomic E-state index is 12.6. The van der Waals surface area contributed by atoms with Gasteiger partial charge in [0.25, 0.3) is 5.91 Å². The van der Waals surface area contributed by atoms with Gasteiger partial charge < -0.3 is 15.8 Å². The number of sulfonamides is 1. The Morgan fingerprint density at radius 1 is 1.15 bits per heavy atom. The van der Waals surface area contributed by atoms with Gasteiger partial charge in [0.1, 0.15) is 23.9 Å². The topological polar surface area (TPSA) is 136 Å². The molecule has 0 radical (unpaired) electrons. The molecule has 0 bridgehead atoms. The molecule has 170 valence electrons. The molecule has 2 aromatic carbocycles. The molecular weight excluding hydrogens is 442 g/mol. The number of ether oxygens (including phenoxy) is 1. The number of rotatable bonds is 5. The number of hydrogen-bond donors (Lipinski definition) is 3. The largest absolute Gasteiger partial charge is 0.491 e. The summed E-state index contributed by atoms with van der Waals surface area (Å²) in [6.45, 7) is 2.56. The Balaban J connectivity index is 1.50. The van der Waals surface area contributed by atoms with E-state index in [0.29, 0.717) is 47.0 Å². The molecule has 1 aliphatic carbocycles. The summed E-state index contributed by atoms with van der Waals surface area (Å²) in [5.41, 5.74) is 9.57. The first-order valence-corrected chi connectivity index (χ1v) is 12.1. The van der Waals surface area contributed by atoms with E-state index in [1.165, 1.54) is 0 Å². The van der Waals surface area contributed by atoms with Crippen LogP contribution in [-0.2, 0) is 10.0 Å². The van der Waals surface area contributed by atoms with Gasteiger partial charge in [-0.25, -0.2) is 23.1 Å². The second-order valence-corrected chi connectivity index (χ2v) is 9.86. The Labute approximate surface area is 191 Å². The predicted octanol–water partition coefficient (Wildman–Crippen LogP) is 2.26. The normalized spacial score (nSPS) is 15.8. The lowest BCUT2D eigenvalue weighted by atomic mass is 10.1. The van der Waals surface area contributed by atoms with E-state index in [4.69, 9.17) is 10.5 Å². The second kappa shape index (κ2) is 8.13. The number of carbonyl (C=O) groups excluding carboxylic acids is 1.